The van der Waals surface area contributed by atoms with Gasteiger partial charge in [-0.25, -0.2) is 0 Å². The highest BCUT2D eigenvalue weighted by molar-refractivity contribution is 8.00. The summed E-state index contributed by atoms with van der Waals surface area (Å²) in [5.41, 5.74) is 0. The van der Waals surface area contributed by atoms with E-state index in [4.69, 9.17) is 9.16 Å². The molecule has 6 nitrogen and oxygen atoms in total. The largest absolute Gasteiger partial charge is 0.461 e. The molecule has 1 N–H and O–H groups in total. The molecule has 28 heavy (non-hydrogen) atoms. The van der Waals surface area contributed by atoms with Gasteiger partial charge in [0, 0.05) is 18.8 Å². The summed E-state index contributed by atoms with van der Waals surface area (Å²) in [6, 6.07) is -0.322. The van der Waals surface area contributed by atoms with E-state index < -0.39 is 25.5 Å². The maximum absolute atomic E-state index is 12.6. The van der Waals surface area contributed by atoms with Gasteiger partial charge in [-0.1, -0.05) is 33.4 Å². The molecule has 2 saturated heterocycles. The Balaban J connectivity index is 2.03. The maximum Gasteiger partial charge on any atom is 0.320 e. The number of ether oxygens (including phenoxy) is 1. The summed E-state index contributed by atoms with van der Waals surface area (Å²) in [7, 11) is -1.89. The zero-order valence-corrected chi connectivity index (χ0v) is 19.4. The quantitative estimate of drug-likeness (QED) is 0.278. The van der Waals surface area contributed by atoms with Gasteiger partial charge in [-0.2, -0.15) is 0 Å². The number of hydrogen-bond donors (Lipinski definition) is 1. The first kappa shape index (κ1) is 23.2. The predicted octanol–water partition coefficient (Wildman–Crippen LogP) is 2.93. The summed E-state index contributed by atoms with van der Waals surface area (Å²) >= 11 is 1.44. The molecule has 158 valence electrons. The van der Waals surface area contributed by atoms with Crippen molar-refractivity contribution < 1.29 is 23.5 Å². The van der Waals surface area contributed by atoms with Crippen LogP contribution >= 0.6 is 11.8 Å². The van der Waals surface area contributed by atoms with E-state index in [9.17, 15) is 14.4 Å². The smallest absolute Gasteiger partial charge is 0.320 e. The number of β-lactam (4-membered cyclic amide) rings is 1. The topological polar surface area (TPSA) is 81.7 Å². The molecular weight excluding hydrogens is 394 g/mol. The number of thioether (sulfide) groups is 1. The molecule has 0 aromatic carbocycles. The predicted molar refractivity (Wildman–Crippen MR) is 114 cm³/mol. The lowest BCUT2D eigenvalue weighted by atomic mass is 9.75. The molecule has 0 spiro atoms. The number of carbonyl (C=O) groups excluding carboxylic acids is 3. The third kappa shape index (κ3) is 5.07. The lowest BCUT2D eigenvalue weighted by Crippen LogP contribution is -2.66. The highest BCUT2D eigenvalue weighted by Gasteiger charge is 2.52. The SMILES string of the molecule is C=CCOC(=O)[C@@H]1SCCC(=O)C1[C@H]1NC(=O)[C@H]1CCO[Si](C)(C)C(C)(C)C. The first-order valence-corrected chi connectivity index (χ1v) is 13.8. The number of rotatable bonds is 8. The molecule has 0 aromatic rings. The minimum Gasteiger partial charge on any atom is -0.461 e. The molecular formula is C20H33NO5SSi. The van der Waals surface area contributed by atoms with Crippen LogP contribution in [0, 0.1) is 11.8 Å². The molecule has 0 aliphatic carbocycles. The van der Waals surface area contributed by atoms with Gasteiger partial charge < -0.3 is 14.5 Å². The van der Waals surface area contributed by atoms with Crippen molar-refractivity contribution in [3.63, 3.8) is 0 Å². The normalized spacial score (nSPS) is 28.3. The van der Waals surface area contributed by atoms with Gasteiger partial charge in [-0.05, 0) is 24.6 Å². The van der Waals surface area contributed by atoms with Crippen molar-refractivity contribution in [3.05, 3.63) is 12.7 Å². The van der Waals surface area contributed by atoms with Crippen LogP contribution in [0.3, 0.4) is 0 Å². The van der Waals surface area contributed by atoms with Crippen LogP contribution in [-0.2, 0) is 23.5 Å². The van der Waals surface area contributed by atoms with Crippen LogP contribution in [0.1, 0.15) is 33.6 Å². The van der Waals surface area contributed by atoms with Crippen LogP contribution in [0.15, 0.2) is 12.7 Å². The zero-order chi connectivity index (χ0) is 21.1. The van der Waals surface area contributed by atoms with Crippen molar-refractivity contribution in [2.75, 3.05) is 19.0 Å². The summed E-state index contributed by atoms with van der Waals surface area (Å²) in [6.45, 7) is 15.0. The Bertz CT molecular complexity index is 631. The summed E-state index contributed by atoms with van der Waals surface area (Å²) in [6.07, 6.45) is 2.49. The number of Topliss-reactive ketones (excluding diaryl/α,β-unsaturated/α-hetero) is 1. The Labute approximate surface area is 173 Å². The number of carbonyl (C=O) groups is 3. The number of esters is 1. The number of nitrogens with one attached hydrogen (secondary N) is 1. The molecule has 0 saturated carbocycles. The maximum atomic E-state index is 12.6. The lowest BCUT2D eigenvalue weighted by molar-refractivity contribution is -0.149. The number of ketones is 1. The molecule has 2 aliphatic heterocycles. The van der Waals surface area contributed by atoms with Gasteiger partial charge in [-0.15, -0.1) is 11.8 Å². The first-order chi connectivity index (χ1) is 13.0. The minimum absolute atomic E-state index is 0.0274. The average Bonchev–Trinajstić information content (AvgIpc) is 2.60. The Morgan fingerprint density at radius 1 is 1.36 bits per heavy atom. The summed E-state index contributed by atoms with van der Waals surface area (Å²) in [5.74, 6) is -0.674. The standard InChI is InChI=1S/C20H33NO5SSi/c1-7-10-25-19(24)17-15(14(22)9-12-27-17)16-13(18(23)21-16)8-11-26-28(5,6)20(2,3)4/h7,13,15-17H,1,8-12H2,2-6H3,(H,21,23)/t13-,15?,16-,17+/m0/s1. The molecule has 2 fully saturated rings. The van der Waals surface area contributed by atoms with E-state index in [-0.39, 0.29) is 35.3 Å². The molecule has 0 bridgehead atoms. The Hall–Kier alpha value is -1.12. The summed E-state index contributed by atoms with van der Waals surface area (Å²) < 4.78 is 11.4. The number of amides is 1. The summed E-state index contributed by atoms with van der Waals surface area (Å²) in [4.78, 5) is 37.2. The monoisotopic (exact) mass is 427 g/mol. The number of hydrogen-bond acceptors (Lipinski definition) is 6. The van der Waals surface area contributed by atoms with Crippen LogP contribution in [-0.4, -0.2) is 56.2 Å². The molecule has 0 aromatic heterocycles. The highest BCUT2D eigenvalue weighted by Crippen LogP contribution is 2.39. The van der Waals surface area contributed by atoms with E-state index in [1.54, 1.807) is 0 Å². The van der Waals surface area contributed by atoms with Gasteiger partial charge in [0.2, 0.25) is 5.91 Å². The van der Waals surface area contributed by atoms with E-state index >= 15 is 0 Å². The fourth-order valence-electron chi connectivity index (χ4n) is 3.30. The second kappa shape index (κ2) is 9.13. The van der Waals surface area contributed by atoms with Crippen LogP contribution in [0.2, 0.25) is 18.1 Å². The molecule has 1 amide bonds. The molecule has 2 rings (SSSR count). The van der Waals surface area contributed by atoms with E-state index in [0.717, 1.165) is 0 Å². The fraction of sp³-hybridized carbons (Fsp3) is 0.750. The lowest BCUT2D eigenvalue weighted by Gasteiger charge is -2.45. The van der Waals surface area contributed by atoms with Gasteiger partial charge in [0.15, 0.2) is 8.32 Å². The molecule has 2 aliphatic rings. The van der Waals surface area contributed by atoms with Gasteiger partial charge in [0.05, 0.1) is 17.9 Å². The van der Waals surface area contributed by atoms with E-state index in [0.29, 0.717) is 25.2 Å². The molecule has 1 unspecified atom stereocenters. The van der Waals surface area contributed by atoms with Crippen molar-refractivity contribution in [1.82, 2.24) is 5.32 Å². The van der Waals surface area contributed by atoms with Gasteiger partial charge in [0.25, 0.3) is 0 Å². The van der Waals surface area contributed by atoms with Crippen molar-refractivity contribution in [2.45, 2.75) is 63.0 Å². The van der Waals surface area contributed by atoms with E-state index in [1.807, 2.05) is 0 Å². The van der Waals surface area contributed by atoms with Crippen molar-refractivity contribution in [2.24, 2.45) is 11.8 Å². The third-order valence-electron chi connectivity index (χ3n) is 6.08. The zero-order valence-electron chi connectivity index (χ0n) is 17.6. The molecule has 0 radical (unpaired) electrons. The minimum atomic E-state index is -1.89. The van der Waals surface area contributed by atoms with Crippen LogP contribution < -0.4 is 5.32 Å². The van der Waals surface area contributed by atoms with Crippen LogP contribution in [0.25, 0.3) is 0 Å². The van der Waals surface area contributed by atoms with E-state index in [1.165, 1.54) is 17.8 Å². The van der Waals surface area contributed by atoms with Crippen molar-refractivity contribution in [3.8, 4) is 0 Å². The van der Waals surface area contributed by atoms with Crippen LogP contribution in [0.5, 0.6) is 0 Å². The molecule has 4 atom stereocenters. The molecule has 8 heteroatoms. The highest BCUT2D eigenvalue weighted by atomic mass is 32.2. The van der Waals surface area contributed by atoms with Gasteiger partial charge in [0.1, 0.15) is 17.6 Å². The van der Waals surface area contributed by atoms with Crippen molar-refractivity contribution in [1.29, 1.82) is 0 Å². The second-order valence-corrected chi connectivity index (χ2v) is 15.0. The Morgan fingerprint density at radius 2 is 2.04 bits per heavy atom. The van der Waals surface area contributed by atoms with Gasteiger partial charge in [-0.3, -0.25) is 14.4 Å². The average molecular weight is 428 g/mol. The fourth-order valence-corrected chi connectivity index (χ4v) is 5.67. The summed E-state index contributed by atoms with van der Waals surface area (Å²) in [5, 5.41) is 2.39. The van der Waals surface area contributed by atoms with Crippen molar-refractivity contribution >= 4 is 37.7 Å². The Kier molecular flexibility index (Phi) is 7.55. The second-order valence-electron chi connectivity index (χ2n) is 8.99. The first-order valence-electron chi connectivity index (χ1n) is 9.86. The Morgan fingerprint density at radius 3 is 2.61 bits per heavy atom. The van der Waals surface area contributed by atoms with Crippen LogP contribution in [0.4, 0.5) is 0 Å². The third-order valence-corrected chi connectivity index (χ3v) is 11.9. The van der Waals surface area contributed by atoms with Gasteiger partial charge >= 0.3 is 5.97 Å². The molecule has 2 heterocycles. The van der Waals surface area contributed by atoms with E-state index in [2.05, 4.69) is 45.8 Å².